The standard InChI is InChI=1S/C13H14N2O2/c1-17-11-6-2-4-9-8-10(5-3-7-14)13(16)15-12(9)11/h2,4,6,10H,3,5,8H2,1H3,(H,15,16). The molecule has 1 aromatic carbocycles. The van der Waals surface area contributed by atoms with E-state index in [9.17, 15) is 4.79 Å². The van der Waals surface area contributed by atoms with Gasteiger partial charge in [-0.25, -0.2) is 0 Å². The van der Waals surface area contributed by atoms with Crippen molar-refractivity contribution in [3.63, 3.8) is 0 Å². The minimum atomic E-state index is -0.103. The summed E-state index contributed by atoms with van der Waals surface area (Å²) in [5.41, 5.74) is 1.85. The lowest BCUT2D eigenvalue weighted by Crippen LogP contribution is -2.30. The SMILES string of the molecule is COc1cccc2c1NC(=O)C(CCC#N)C2. The number of nitriles is 1. The Hall–Kier alpha value is -2.02. The van der Waals surface area contributed by atoms with E-state index in [0.29, 0.717) is 25.0 Å². The number of benzene rings is 1. The van der Waals surface area contributed by atoms with E-state index < -0.39 is 0 Å². The first-order valence-electron chi connectivity index (χ1n) is 5.60. The second-order valence-electron chi connectivity index (χ2n) is 4.08. The first-order valence-corrected chi connectivity index (χ1v) is 5.60. The lowest BCUT2D eigenvalue weighted by atomic mass is 9.89. The van der Waals surface area contributed by atoms with Gasteiger partial charge in [-0.3, -0.25) is 4.79 Å². The predicted octanol–water partition coefficient (Wildman–Crippen LogP) is 2.11. The summed E-state index contributed by atoms with van der Waals surface area (Å²) in [6.45, 7) is 0. The van der Waals surface area contributed by atoms with Crippen LogP contribution in [-0.4, -0.2) is 13.0 Å². The number of methoxy groups -OCH3 is 1. The van der Waals surface area contributed by atoms with Gasteiger partial charge in [-0.05, 0) is 24.5 Å². The molecule has 2 rings (SSSR count). The van der Waals surface area contributed by atoms with E-state index in [1.807, 2.05) is 18.2 Å². The van der Waals surface area contributed by atoms with Crippen molar-refractivity contribution < 1.29 is 9.53 Å². The number of nitrogens with zero attached hydrogens (tertiary/aromatic N) is 1. The normalized spacial score (nSPS) is 17.9. The highest BCUT2D eigenvalue weighted by molar-refractivity contribution is 5.97. The second kappa shape index (κ2) is 4.88. The molecule has 17 heavy (non-hydrogen) atoms. The minimum Gasteiger partial charge on any atom is -0.495 e. The average molecular weight is 230 g/mol. The van der Waals surface area contributed by atoms with Crippen molar-refractivity contribution in [2.75, 3.05) is 12.4 Å². The largest absolute Gasteiger partial charge is 0.495 e. The zero-order valence-corrected chi connectivity index (χ0v) is 9.69. The highest BCUT2D eigenvalue weighted by Crippen LogP contribution is 2.34. The van der Waals surface area contributed by atoms with Gasteiger partial charge in [0.1, 0.15) is 5.75 Å². The smallest absolute Gasteiger partial charge is 0.227 e. The maximum absolute atomic E-state index is 11.9. The molecule has 0 bridgehead atoms. The number of carbonyl (C=O) groups excluding carboxylic acids is 1. The molecule has 4 nitrogen and oxygen atoms in total. The van der Waals surface area contributed by atoms with Gasteiger partial charge in [-0.2, -0.15) is 5.26 Å². The molecule has 1 aliphatic heterocycles. The second-order valence-corrected chi connectivity index (χ2v) is 4.08. The molecule has 0 aliphatic carbocycles. The Morgan fingerprint density at radius 3 is 3.12 bits per heavy atom. The lowest BCUT2D eigenvalue weighted by molar-refractivity contribution is -0.120. The summed E-state index contributed by atoms with van der Waals surface area (Å²) in [5.74, 6) is 0.570. The summed E-state index contributed by atoms with van der Waals surface area (Å²) in [4.78, 5) is 11.9. The molecule has 0 radical (unpaired) electrons. The monoisotopic (exact) mass is 230 g/mol. The molecule has 1 aliphatic rings. The van der Waals surface area contributed by atoms with Crippen molar-refractivity contribution in [3.8, 4) is 11.8 Å². The van der Waals surface area contributed by atoms with Gasteiger partial charge >= 0.3 is 0 Å². The molecule has 1 aromatic rings. The van der Waals surface area contributed by atoms with Gasteiger partial charge in [0.15, 0.2) is 0 Å². The van der Waals surface area contributed by atoms with Crippen LogP contribution in [0, 0.1) is 17.2 Å². The van der Waals surface area contributed by atoms with Crippen LogP contribution in [0.4, 0.5) is 5.69 Å². The fourth-order valence-corrected chi connectivity index (χ4v) is 2.11. The molecule has 88 valence electrons. The van der Waals surface area contributed by atoms with Gasteiger partial charge in [0, 0.05) is 12.3 Å². The maximum atomic E-state index is 11.9. The Balaban J connectivity index is 2.24. The first kappa shape index (κ1) is 11.5. The van der Waals surface area contributed by atoms with E-state index in [2.05, 4.69) is 11.4 Å². The molecule has 1 unspecified atom stereocenters. The van der Waals surface area contributed by atoms with Crippen LogP contribution in [-0.2, 0) is 11.2 Å². The molecule has 0 fully saturated rings. The van der Waals surface area contributed by atoms with Crippen molar-refractivity contribution in [1.29, 1.82) is 5.26 Å². The van der Waals surface area contributed by atoms with Crippen LogP contribution in [0.15, 0.2) is 18.2 Å². The van der Waals surface area contributed by atoms with Gasteiger partial charge in [-0.15, -0.1) is 0 Å². The molecule has 1 heterocycles. The van der Waals surface area contributed by atoms with Gasteiger partial charge < -0.3 is 10.1 Å². The van der Waals surface area contributed by atoms with Gasteiger partial charge in [-0.1, -0.05) is 12.1 Å². The third-order valence-electron chi connectivity index (χ3n) is 3.02. The third-order valence-corrected chi connectivity index (χ3v) is 3.02. The van der Waals surface area contributed by atoms with Gasteiger partial charge in [0.05, 0.1) is 18.9 Å². The zero-order valence-electron chi connectivity index (χ0n) is 9.69. The number of amides is 1. The number of rotatable bonds is 3. The van der Waals surface area contributed by atoms with Crippen molar-refractivity contribution in [3.05, 3.63) is 23.8 Å². The maximum Gasteiger partial charge on any atom is 0.227 e. The summed E-state index contributed by atoms with van der Waals surface area (Å²) < 4.78 is 5.21. The van der Waals surface area contributed by atoms with Crippen LogP contribution in [0.2, 0.25) is 0 Å². The zero-order chi connectivity index (χ0) is 12.3. The summed E-state index contributed by atoms with van der Waals surface area (Å²) in [6.07, 6.45) is 1.70. The molecular weight excluding hydrogens is 216 g/mol. The summed E-state index contributed by atoms with van der Waals surface area (Å²) in [7, 11) is 1.59. The Morgan fingerprint density at radius 2 is 2.41 bits per heavy atom. The quantitative estimate of drug-likeness (QED) is 0.865. The molecule has 0 saturated heterocycles. The number of ether oxygens (including phenoxy) is 1. The summed E-state index contributed by atoms with van der Waals surface area (Å²) >= 11 is 0. The Kier molecular flexibility index (Phi) is 3.29. The van der Waals surface area contributed by atoms with Crippen LogP contribution in [0.1, 0.15) is 18.4 Å². The third kappa shape index (κ3) is 2.23. The fraction of sp³-hybridized carbons (Fsp3) is 0.385. The molecule has 1 N–H and O–H groups in total. The number of hydrogen-bond acceptors (Lipinski definition) is 3. The molecular formula is C13H14N2O2. The number of carbonyl (C=O) groups is 1. The number of anilines is 1. The Morgan fingerprint density at radius 1 is 1.59 bits per heavy atom. The van der Waals surface area contributed by atoms with E-state index in [1.54, 1.807) is 7.11 Å². The number of fused-ring (bicyclic) bond motifs is 1. The molecule has 0 spiro atoms. The molecule has 1 atom stereocenters. The van der Waals surface area contributed by atoms with Crippen molar-refractivity contribution in [2.24, 2.45) is 5.92 Å². The summed E-state index contributed by atoms with van der Waals surface area (Å²) in [6, 6.07) is 7.80. The van der Waals surface area contributed by atoms with Crippen molar-refractivity contribution in [1.82, 2.24) is 0 Å². The van der Waals surface area contributed by atoms with Crippen LogP contribution >= 0.6 is 0 Å². The number of hydrogen-bond donors (Lipinski definition) is 1. The number of para-hydroxylation sites is 1. The topological polar surface area (TPSA) is 62.1 Å². The van der Waals surface area contributed by atoms with E-state index in [-0.39, 0.29) is 11.8 Å². The van der Waals surface area contributed by atoms with Crippen LogP contribution in [0.25, 0.3) is 0 Å². The minimum absolute atomic E-state index is 0.0164. The van der Waals surface area contributed by atoms with Gasteiger partial charge in [0.25, 0.3) is 0 Å². The average Bonchev–Trinajstić information content (AvgIpc) is 2.35. The Labute approximate surface area is 100 Å². The molecule has 1 amide bonds. The molecule has 0 aromatic heterocycles. The van der Waals surface area contributed by atoms with Crippen LogP contribution < -0.4 is 10.1 Å². The molecule has 0 saturated carbocycles. The van der Waals surface area contributed by atoms with E-state index >= 15 is 0 Å². The van der Waals surface area contributed by atoms with E-state index in [4.69, 9.17) is 10.00 Å². The highest BCUT2D eigenvalue weighted by atomic mass is 16.5. The first-order chi connectivity index (χ1) is 8.26. The van der Waals surface area contributed by atoms with Crippen molar-refractivity contribution in [2.45, 2.75) is 19.3 Å². The van der Waals surface area contributed by atoms with E-state index in [0.717, 1.165) is 11.3 Å². The fourth-order valence-electron chi connectivity index (χ4n) is 2.11. The summed E-state index contributed by atoms with van der Waals surface area (Å²) in [5, 5.41) is 11.4. The Bertz CT molecular complexity index is 477. The van der Waals surface area contributed by atoms with Crippen LogP contribution in [0.5, 0.6) is 5.75 Å². The molecule has 4 heteroatoms. The van der Waals surface area contributed by atoms with Gasteiger partial charge in [0.2, 0.25) is 5.91 Å². The lowest BCUT2D eigenvalue weighted by Gasteiger charge is -2.25. The number of nitrogens with one attached hydrogen (secondary N) is 1. The highest BCUT2D eigenvalue weighted by Gasteiger charge is 2.27. The van der Waals surface area contributed by atoms with E-state index in [1.165, 1.54) is 0 Å². The van der Waals surface area contributed by atoms with Crippen molar-refractivity contribution >= 4 is 11.6 Å². The van der Waals surface area contributed by atoms with Crippen LogP contribution in [0.3, 0.4) is 0 Å². The predicted molar refractivity (Wildman–Crippen MR) is 63.7 cm³/mol.